The Morgan fingerprint density at radius 1 is 1.70 bits per heavy atom. The zero-order valence-electron chi connectivity index (χ0n) is 5.54. The summed E-state index contributed by atoms with van der Waals surface area (Å²) in [5.74, 6) is 4.54. The Morgan fingerprint density at radius 2 is 2.40 bits per heavy atom. The van der Waals surface area contributed by atoms with Gasteiger partial charge in [0.15, 0.2) is 6.10 Å². The van der Waals surface area contributed by atoms with Crippen molar-refractivity contribution in [1.29, 1.82) is 0 Å². The van der Waals surface area contributed by atoms with Crippen LogP contribution in [0.5, 0.6) is 0 Å². The normalized spacial score (nSPS) is 32.2. The summed E-state index contributed by atoms with van der Waals surface area (Å²) in [7, 11) is 0. The van der Waals surface area contributed by atoms with Crippen molar-refractivity contribution in [3.8, 4) is 0 Å². The van der Waals surface area contributed by atoms with Crippen molar-refractivity contribution < 1.29 is 9.53 Å². The van der Waals surface area contributed by atoms with Crippen LogP contribution in [0.1, 0.15) is 6.42 Å². The molecule has 58 valence electrons. The molecule has 1 aliphatic rings. The van der Waals surface area contributed by atoms with Crippen LogP contribution < -0.4 is 17.0 Å². The van der Waals surface area contributed by atoms with Crippen LogP contribution in [0, 0.1) is 0 Å². The first-order valence-electron chi connectivity index (χ1n) is 3.13. The molecule has 1 heterocycles. The number of nitrogens with one attached hydrogen (secondary N) is 1. The molecule has 0 radical (unpaired) electrons. The zero-order valence-corrected chi connectivity index (χ0v) is 5.54. The van der Waals surface area contributed by atoms with Crippen molar-refractivity contribution in [2.24, 2.45) is 11.6 Å². The van der Waals surface area contributed by atoms with Gasteiger partial charge in [0, 0.05) is 12.6 Å². The van der Waals surface area contributed by atoms with Gasteiger partial charge in [0.05, 0.1) is 0 Å². The molecule has 2 atom stereocenters. The average Bonchev–Trinajstić information content (AvgIpc) is 2.34. The maximum Gasteiger partial charge on any atom is 0.264 e. The molecule has 0 aromatic carbocycles. The smallest absolute Gasteiger partial charge is 0.264 e. The van der Waals surface area contributed by atoms with Crippen LogP contribution in [0.25, 0.3) is 0 Å². The first-order chi connectivity index (χ1) is 4.75. The van der Waals surface area contributed by atoms with E-state index in [4.69, 9.17) is 16.3 Å². The van der Waals surface area contributed by atoms with Crippen LogP contribution >= 0.6 is 0 Å². The maximum atomic E-state index is 10.8. The second-order valence-corrected chi connectivity index (χ2v) is 2.25. The number of amides is 1. The molecule has 1 rings (SSSR count). The standard InChI is InChI=1S/C5H11N3O2/c6-3-1-2-10-4(3)5(9)8-7/h3-4H,1-2,6-7H2,(H,8,9)/t3-,4+/m0/s1. The van der Waals surface area contributed by atoms with Crippen molar-refractivity contribution in [1.82, 2.24) is 5.43 Å². The van der Waals surface area contributed by atoms with E-state index in [0.29, 0.717) is 6.61 Å². The molecule has 5 nitrogen and oxygen atoms in total. The highest BCUT2D eigenvalue weighted by Gasteiger charge is 2.30. The van der Waals surface area contributed by atoms with Crippen LogP contribution in [-0.2, 0) is 9.53 Å². The number of hydrogen-bond donors (Lipinski definition) is 3. The third-order valence-corrected chi connectivity index (χ3v) is 1.54. The summed E-state index contributed by atoms with van der Waals surface area (Å²) in [6.07, 6.45) is 0.169. The number of hydrogen-bond acceptors (Lipinski definition) is 4. The molecular weight excluding hydrogens is 134 g/mol. The van der Waals surface area contributed by atoms with Gasteiger partial charge in [-0.2, -0.15) is 0 Å². The summed E-state index contributed by atoms with van der Waals surface area (Å²) < 4.78 is 5.00. The van der Waals surface area contributed by atoms with Crippen LogP contribution in [0.3, 0.4) is 0 Å². The second kappa shape index (κ2) is 2.96. The SMILES string of the molecule is NNC(=O)[C@@H]1OCC[C@@H]1N. The minimum atomic E-state index is -0.551. The van der Waals surface area contributed by atoms with Gasteiger partial charge in [0.25, 0.3) is 5.91 Å². The quantitative estimate of drug-likeness (QED) is 0.228. The van der Waals surface area contributed by atoms with Gasteiger partial charge in [-0.1, -0.05) is 0 Å². The van der Waals surface area contributed by atoms with Crippen LogP contribution in [0.15, 0.2) is 0 Å². The van der Waals surface area contributed by atoms with Gasteiger partial charge in [-0.25, -0.2) is 5.84 Å². The Balaban J connectivity index is 2.46. The molecule has 5 heteroatoms. The summed E-state index contributed by atoms with van der Waals surface area (Å²) in [5.41, 5.74) is 7.51. The van der Waals surface area contributed by atoms with Crippen molar-refractivity contribution in [3.05, 3.63) is 0 Å². The number of carbonyl (C=O) groups is 1. The summed E-state index contributed by atoms with van der Waals surface area (Å²) in [6, 6.07) is -0.205. The van der Waals surface area contributed by atoms with Gasteiger partial charge >= 0.3 is 0 Å². The Kier molecular flexibility index (Phi) is 2.21. The van der Waals surface area contributed by atoms with E-state index in [1.807, 2.05) is 5.43 Å². The fourth-order valence-corrected chi connectivity index (χ4v) is 0.958. The van der Waals surface area contributed by atoms with Gasteiger partial charge in [-0.3, -0.25) is 10.2 Å². The number of rotatable bonds is 1. The van der Waals surface area contributed by atoms with E-state index in [2.05, 4.69) is 0 Å². The lowest BCUT2D eigenvalue weighted by Gasteiger charge is -2.11. The van der Waals surface area contributed by atoms with E-state index in [0.717, 1.165) is 6.42 Å². The minimum Gasteiger partial charge on any atom is -0.367 e. The molecule has 0 aromatic heterocycles. The highest BCUT2D eigenvalue weighted by Crippen LogP contribution is 2.10. The lowest BCUT2D eigenvalue weighted by Crippen LogP contribution is -2.46. The third-order valence-electron chi connectivity index (χ3n) is 1.54. The largest absolute Gasteiger partial charge is 0.367 e. The molecule has 1 saturated heterocycles. The Labute approximate surface area is 58.7 Å². The van der Waals surface area contributed by atoms with E-state index in [1.54, 1.807) is 0 Å². The van der Waals surface area contributed by atoms with E-state index in [1.165, 1.54) is 0 Å². The predicted octanol–water partition coefficient (Wildman–Crippen LogP) is -1.91. The molecule has 0 saturated carbocycles. The highest BCUT2D eigenvalue weighted by atomic mass is 16.5. The number of hydrazine groups is 1. The van der Waals surface area contributed by atoms with Crippen LogP contribution in [-0.4, -0.2) is 24.7 Å². The fourth-order valence-electron chi connectivity index (χ4n) is 0.958. The number of carbonyl (C=O) groups excluding carboxylic acids is 1. The zero-order chi connectivity index (χ0) is 7.56. The molecule has 1 aliphatic heterocycles. The Morgan fingerprint density at radius 3 is 2.80 bits per heavy atom. The monoisotopic (exact) mass is 145 g/mol. The average molecular weight is 145 g/mol. The minimum absolute atomic E-state index is 0.205. The lowest BCUT2D eigenvalue weighted by atomic mass is 10.1. The molecule has 1 amide bonds. The van der Waals surface area contributed by atoms with Crippen molar-refractivity contribution >= 4 is 5.91 Å². The van der Waals surface area contributed by atoms with E-state index < -0.39 is 6.10 Å². The van der Waals surface area contributed by atoms with Crippen LogP contribution in [0.2, 0.25) is 0 Å². The molecular formula is C5H11N3O2. The predicted molar refractivity (Wildman–Crippen MR) is 34.7 cm³/mol. The summed E-state index contributed by atoms with van der Waals surface area (Å²) in [6.45, 7) is 0.541. The second-order valence-electron chi connectivity index (χ2n) is 2.25. The molecule has 0 aliphatic carbocycles. The molecule has 0 aromatic rings. The van der Waals surface area contributed by atoms with Gasteiger partial charge in [0.1, 0.15) is 0 Å². The van der Waals surface area contributed by atoms with Gasteiger partial charge in [0.2, 0.25) is 0 Å². The Hall–Kier alpha value is -0.650. The topological polar surface area (TPSA) is 90.4 Å². The summed E-state index contributed by atoms with van der Waals surface area (Å²) in [4.78, 5) is 10.8. The van der Waals surface area contributed by atoms with E-state index in [9.17, 15) is 4.79 Å². The molecule has 0 spiro atoms. The van der Waals surface area contributed by atoms with Gasteiger partial charge in [-0.15, -0.1) is 0 Å². The molecule has 0 unspecified atom stereocenters. The third kappa shape index (κ3) is 1.26. The van der Waals surface area contributed by atoms with Crippen molar-refractivity contribution in [2.75, 3.05) is 6.61 Å². The highest BCUT2D eigenvalue weighted by molar-refractivity contribution is 5.81. The lowest BCUT2D eigenvalue weighted by molar-refractivity contribution is -0.130. The Bertz CT molecular complexity index is 139. The first-order valence-corrected chi connectivity index (χ1v) is 3.13. The maximum absolute atomic E-state index is 10.8. The van der Waals surface area contributed by atoms with E-state index >= 15 is 0 Å². The van der Waals surface area contributed by atoms with Gasteiger partial charge < -0.3 is 10.5 Å². The molecule has 1 fully saturated rings. The summed E-state index contributed by atoms with van der Waals surface area (Å²) in [5, 5.41) is 0. The molecule has 0 bridgehead atoms. The summed E-state index contributed by atoms with van der Waals surface area (Å²) >= 11 is 0. The molecule has 5 N–H and O–H groups in total. The van der Waals surface area contributed by atoms with Crippen LogP contribution in [0.4, 0.5) is 0 Å². The van der Waals surface area contributed by atoms with E-state index in [-0.39, 0.29) is 11.9 Å². The fraction of sp³-hybridized carbons (Fsp3) is 0.800. The van der Waals surface area contributed by atoms with Gasteiger partial charge in [-0.05, 0) is 6.42 Å². The number of ether oxygens (including phenoxy) is 1. The van der Waals surface area contributed by atoms with Crippen molar-refractivity contribution in [3.63, 3.8) is 0 Å². The first kappa shape index (κ1) is 7.46. The van der Waals surface area contributed by atoms with Crippen molar-refractivity contribution in [2.45, 2.75) is 18.6 Å². The number of nitrogens with two attached hydrogens (primary N) is 2. The molecule has 10 heavy (non-hydrogen) atoms.